The second-order valence-electron chi connectivity index (χ2n) is 7.94. The summed E-state index contributed by atoms with van der Waals surface area (Å²) in [6.07, 6.45) is 4.29. The summed E-state index contributed by atoms with van der Waals surface area (Å²) in [5.74, 6) is -0.117. The van der Waals surface area contributed by atoms with Crippen LogP contribution in [0.5, 0.6) is 0 Å². The lowest BCUT2D eigenvalue weighted by Crippen LogP contribution is -2.54. The van der Waals surface area contributed by atoms with Gasteiger partial charge >= 0.3 is 0 Å². The minimum absolute atomic E-state index is 0.0269. The highest BCUT2D eigenvalue weighted by atomic mass is 35.5. The normalized spacial score (nSPS) is 24.1. The Bertz CT molecular complexity index is 991. The van der Waals surface area contributed by atoms with E-state index in [0.29, 0.717) is 29.4 Å². The molecule has 1 aliphatic carbocycles. The molecule has 2 aromatic carbocycles. The van der Waals surface area contributed by atoms with Crippen molar-refractivity contribution in [1.29, 1.82) is 0 Å². The van der Waals surface area contributed by atoms with Gasteiger partial charge in [-0.1, -0.05) is 53.5 Å². The van der Waals surface area contributed by atoms with Crippen molar-refractivity contribution in [1.82, 2.24) is 10.6 Å². The maximum absolute atomic E-state index is 12.6. The van der Waals surface area contributed by atoms with Gasteiger partial charge in [0.05, 0.1) is 6.04 Å². The number of benzene rings is 2. The lowest BCUT2D eigenvalue weighted by molar-refractivity contribution is -0.134. The zero-order valence-electron chi connectivity index (χ0n) is 16.9. The van der Waals surface area contributed by atoms with Crippen LogP contribution in [-0.4, -0.2) is 30.5 Å². The minimum atomic E-state index is -0.273. The Morgan fingerprint density at radius 3 is 2.68 bits per heavy atom. The number of hydrogen-bond donors (Lipinski definition) is 2. The third-order valence-corrected chi connectivity index (χ3v) is 6.39. The molecule has 0 spiro atoms. The first-order chi connectivity index (χ1) is 15.0. The predicted octanol–water partition coefficient (Wildman–Crippen LogP) is 4.38. The fourth-order valence-electron chi connectivity index (χ4n) is 4.09. The summed E-state index contributed by atoms with van der Waals surface area (Å²) in [7, 11) is 0. The van der Waals surface area contributed by atoms with Crippen LogP contribution in [0.3, 0.4) is 0 Å². The summed E-state index contributed by atoms with van der Waals surface area (Å²) in [6, 6.07) is 14.8. The van der Waals surface area contributed by atoms with Gasteiger partial charge in [-0.15, -0.1) is 0 Å². The molecule has 1 aliphatic heterocycles. The number of fused-ring (bicyclic) bond motifs is 1. The third-order valence-electron chi connectivity index (χ3n) is 5.79. The van der Waals surface area contributed by atoms with Crippen molar-refractivity contribution in [3.8, 4) is 0 Å². The summed E-state index contributed by atoms with van der Waals surface area (Å²) < 4.78 is 5.99. The molecule has 1 saturated heterocycles. The van der Waals surface area contributed by atoms with Gasteiger partial charge in [-0.05, 0) is 61.1 Å². The van der Waals surface area contributed by atoms with Crippen molar-refractivity contribution in [2.75, 3.05) is 6.54 Å². The van der Waals surface area contributed by atoms with Crippen molar-refractivity contribution in [3.05, 3.63) is 75.5 Å². The van der Waals surface area contributed by atoms with Gasteiger partial charge in [0.15, 0.2) is 5.76 Å². The second-order valence-corrected chi connectivity index (χ2v) is 8.79. The molecule has 2 fully saturated rings. The highest BCUT2D eigenvalue weighted by Gasteiger charge is 2.40. The molecule has 31 heavy (non-hydrogen) atoms. The van der Waals surface area contributed by atoms with Crippen LogP contribution in [0.1, 0.15) is 30.4 Å². The van der Waals surface area contributed by atoms with E-state index in [-0.39, 0.29) is 35.6 Å². The van der Waals surface area contributed by atoms with Crippen LogP contribution in [0.4, 0.5) is 0 Å². The summed E-state index contributed by atoms with van der Waals surface area (Å²) in [5, 5.41) is 7.29. The fourth-order valence-corrected chi connectivity index (χ4v) is 4.40. The van der Waals surface area contributed by atoms with Crippen LogP contribution in [0.2, 0.25) is 10.0 Å². The van der Waals surface area contributed by atoms with Gasteiger partial charge in [0.25, 0.3) is 5.91 Å². The number of morpholine rings is 1. The van der Waals surface area contributed by atoms with E-state index < -0.39 is 0 Å². The Balaban J connectivity index is 1.30. The summed E-state index contributed by atoms with van der Waals surface area (Å²) in [6.45, 7) is 0.568. The monoisotopic (exact) mass is 458 g/mol. The predicted molar refractivity (Wildman–Crippen MR) is 122 cm³/mol. The number of carbonyl (C=O) groups is 2. The Kier molecular flexibility index (Phi) is 6.83. The second kappa shape index (κ2) is 9.75. The molecular weight excluding hydrogens is 435 g/mol. The number of hydrogen-bond acceptors (Lipinski definition) is 3. The highest BCUT2D eigenvalue weighted by molar-refractivity contribution is 6.32. The third kappa shape index (κ3) is 5.41. The van der Waals surface area contributed by atoms with Crippen molar-refractivity contribution >= 4 is 41.1 Å². The molecule has 0 bridgehead atoms. The van der Waals surface area contributed by atoms with Crippen molar-refractivity contribution in [3.63, 3.8) is 0 Å². The molecule has 162 valence electrons. The average molecular weight is 459 g/mol. The van der Waals surface area contributed by atoms with Crippen LogP contribution >= 0.6 is 23.2 Å². The number of ether oxygens (including phenoxy) is 1. The molecule has 5 nitrogen and oxygen atoms in total. The summed E-state index contributed by atoms with van der Waals surface area (Å²) in [5.41, 5.74) is 1.86. The van der Waals surface area contributed by atoms with Gasteiger partial charge in [-0.2, -0.15) is 0 Å². The summed E-state index contributed by atoms with van der Waals surface area (Å²) >= 11 is 12.1. The van der Waals surface area contributed by atoms with Gasteiger partial charge < -0.3 is 15.4 Å². The average Bonchev–Trinajstić information content (AvgIpc) is 2.76. The quantitative estimate of drug-likeness (QED) is 0.653. The van der Waals surface area contributed by atoms with Crippen LogP contribution < -0.4 is 10.6 Å². The standard InChI is InChI=1S/C24H24Cl2N2O3/c25-18-8-5-15(6-9-18)11-12-27-23(29)17-7-10-21-20(13-17)28-24(30)22(31-21)14-16-3-1-2-4-19(16)26/h1-6,8-9,14,17,20-21H,7,10-13H2,(H,27,29)(H,28,30)/b22-14-. The van der Waals surface area contributed by atoms with Crippen molar-refractivity contribution in [2.24, 2.45) is 5.92 Å². The Labute approximate surface area is 191 Å². The smallest absolute Gasteiger partial charge is 0.286 e. The largest absolute Gasteiger partial charge is 0.483 e. The van der Waals surface area contributed by atoms with E-state index >= 15 is 0 Å². The van der Waals surface area contributed by atoms with E-state index in [0.717, 1.165) is 24.0 Å². The zero-order valence-corrected chi connectivity index (χ0v) is 18.5. The molecule has 2 aliphatic rings. The van der Waals surface area contributed by atoms with E-state index in [4.69, 9.17) is 27.9 Å². The first-order valence-corrected chi connectivity index (χ1v) is 11.2. The molecule has 1 saturated carbocycles. The molecule has 1 heterocycles. The molecular formula is C24H24Cl2N2O3. The Morgan fingerprint density at radius 2 is 1.90 bits per heavy atom. The molecule has 0 aromatic heterocycles. The first kappa shape index (κ1) is 21.7. The van der Waals surface area contributed by atoms with Gasteiger partial charge in [0, 0.05) is 22.5 Å². The maximum atomic E-state index is 12.6. The van der Waals surface area contributed by atoms with Crippen LogP contribution in [0.15, 0.2) is 54.3 Å². The number of amides is 2. The van der Waals surface area contributed by atoms with Gasteiger partial charge in [-0.3, -0.25) is 9.59 Å². The number of nitrogens with one attached hydrogen (secondary N) is 2. The molecule has 2 N–H and O–H groups in total. The summed E-state index contributed by atoms with van der Waals surface area (Å²) in [4.78, 5) is 25.2. The van der Waals surface area contributed by atoms with Crippen molar-refractivity contribution < 1.29 is 14.3 Å². The molecule has 4 rings (SSSR count). The Morgan fingerprint density at radius 1 is 1.13 bits per heavy atom. The van der Waals surface area contributed by atoms with E-state index in [1.54, 1.807) is 12.1 Å². The topological polar surface area (TPSA) is 67.4 Å². The SMILES string of the molecule is O=C1NC2CC(C(=O)NCCc3ccc(Cl)cc3)CCC2O/C1=C\c1ccccc1Cl. The maximum Gasteiger partial charge on any atom is 0.286 e. The van der Waals surface area contributed by atoms with Gasteiger partial charge in [-0.25, -0.2) is 0 Å². The fraction of sp³-hybridized carbons (Fsp3) is 0.333. The minimum Gasteiger partial charge on any atom is -0.483 e. The highest BCUT2D eigenvalue weighted by Crippen LogP contribution is 2.32. The van der Waals surface area contributed by atoms with E-state index in [1.165, 1.54) is 0 Å². The van der Waals surface area contributed by atoms with Gasteiger partial charge in [0.2, 0.25) is 5.91 Å². The zero-order chi connectivity index (χ0) is 21.8. The first-order valence-electron chi connectivity index (χ1n) is 10.5. The van der Waals surface area contributed by atoms with E-state index in [2.05, 4.69) is 10.6 Å². The lowest BCUT2D eigenvalue weighted by atomic mass is 9.82. The van der Waals surface area contributed by atoms with Crippen molar-refractivity contribution in [2.45, 2.75) is 37.8 Å². The van der Waals surface area contributed by atoms with Gasteiger partial charge in [0.1, 0.15) is 6.10 Å². The lowest BCUT2D eigenvalue weighted by Gasteiger charge is -2.39. The molecule has 3 atom stereocenters. The number of carbonyl (C=O) groups excluding carboxylic acids is 2. The molecule has 3 unspecified atom stereocenters. The molecule has 0 radical (unpaired) electrons. The molecule has 7 heteroatoms. The van der Waals surface area contributed by atoms with Crippen LogP contribution in [0.25, 0.3) is 6.08 Å². The molecule has 2 amide bonds. The number of rotatable bonds is 5. The van der Waals surface area contributed by atoms with E-state index in [1.807, 2.05) is 42.5 Å². The molecule has 2 aromatic rings. The van der Waals surface area contributed by atoms with E-state index in [9.17, 15) is 9.59 Å². The van der Waals surface area contributed by atoms with Crippen LogP contribution in [-0.2, 0) is 20.7 Å². The Hall–Kier alpha value is -2.50. The number of halogens is 2. The van der Waals surface area contributed by atoms with Crippen LogP contribution in [0, 0.1) is 5.92 Å².